The standard InChI is InChI=1S/C21H27ClN4O.HI/c1-23-21(25-15-18-6-8-20(22)9-7-18)24-14-17-2-4-19(5-3-17)16-26-10-12-27-13-11-26;/h2-9H,10-16H2,1H3,(H2,23,24,25);1H. The van der Waals surface area contributed by atoms with E-state index in [1.165, 1.54) is 11.1 Å². The zero-order chi connectivity index (χ0) is 18.9. The Morgan fingerprint density at radius 1 is 0.929 bits per heavy atom. The van der Waals surface area contributed by atoms with E-state index in [0.717, 1.165) is 55.9 Å². The predicted octanol–water partition coefficient (Wildman–Crippen LogP) is 3.66. The summed E-state index contributed by atoms with van der Waals surface area (Å²) in [6.07, 6.45) is 0. The molecule has 152 valence electrons. The predicted molar refractivity (Wildman–Crippen MR) is 126 cm³/mol. The van der Waals surface area contributed by atoms with Gasteiger partial charge in [0, 0.05) is 44.8 Å². The first kappa shape index (κ1) is 22.9. The number of morpholine rings is 1. The van der Waals surface area contributed by atoms with Gasteiger partial charge in [0.1, 0.15) is 0 Å². The summed E-state index contributed by atoms with van der Waals surface area (Å²) in [4.78, 5) is 6.71. The van der Waals surface area contributed by atoms with Gasteiger partial charge in [0.25, 0.3) is 0 Å². The van der Waals surface area contributed by atoms with E-state index in [1.807, 2.05) is 24.3 Å². The van der Waals surface area contributed by atoms with E-state index < -0.39 is 0 Å². The summed E-state index contributed by atoms with van der Waals surface area (Å²) in [5.41, 5.74) is 3.73. The molecule has 0 saturated carbocycles. The van der Waals surface area contributed by atoms with Gasteiger partial charge in [-0.05, 0) is 28.8 Å². The van der Waals surface area contributed by atoms with Crippen LogP contribution >= 0.6 is 35.6 Å². The highest BCUT2D eigenvalue weighted by molar-refractivity contribution is 14.0. The molecule has 2 aromatic rings. The summed E-state index contributed by atoms with van der Waals surface area (Å²) < 4.78 is 5.40. The Morgan fingerprint density at radius 2 is 1.43 bits per heavy atom. The molecule has 0 aliphatic carbocycles. The Kier molecular flexibility index (Phi) is 10.0. The van der Waals surface area contributed by atoms with E-state index in [-0.39, 0.29) is 24.0 Å². The van der Waals surface area contributed by atoms with E-state index in [2.05, 4.69) is 44.8 Å². The third-order valence-corrected chi connectivity index (χ3v) is 4.84. The quantitative estimate of drug-likeness (QED) is 0.351. The largest absolute Gasteiger partial charge is 0.379 e. The smallest absolute Gasteiger partial charge is 0.191 e. The molecule has 3 rings (SSSR count). The van der Waals surface area contributed by atoms with Crippen LogP contribution in [0.5, 0.6) is 0 Å². The molecule has 0 unspecified atom stereocenters. The number of hydrogen-bond donors (Lipinski definition) is 2. The average molecular weight is 515 g/mol. The molecule has 0 spiro atoms. The molecule has 1 saturated heterocycles. The molecule has 1 heterocycles. The summed E-state index contributed by atoms with van der Waals surface area (Å²) in [6, 6.07) is 16.6. The van der Waals surface area contributed by atoms with Gasteiger partial charge in [-0.2, -0.15) is 0 Å². The number of guanidine groups is 1. The van der Waals surface area contributed by atoms with E-state index in [1.54, 1.807) is 7.05 Å². The van der Waals surface area contributed by atoms with Crippen molar-refractivity contribution in [3.63, 3.8) is 0 Å². The maximum atomic E-state index is 5.92. The normalized spacial score (nSPS) is 15.0. The number of ether oxygens (including phenoxy) is 1. The second-order valence-corrected chi connectivity index (χ2v) is 7.05. The van der Waals surface area contributed by atoms with Crippen LogP contribution in [0.25, 0.3) is 0 Å². The Hall–Kier alpha value is -1.35. The van der Waals surface area contributed by atoms with Crippen molar-refractivity contribution in [1.29, 1.82) is 0 Å². The van der Waals surface area contributed by atoms with Crippen molar-refractivity contribution in [2.75, 3.05) is 33.4 Å². The fourth-order valence-corrected chi connectivity index (χ4v) is 3.10. The number of aliphatic imine (C=N–C) groups is 1. The molecule has 1 aliphatic heterocycles. The Bertz CT molecular complexity index is 731. The van der Waals surface area contributed by atoms with Gasteiger partial charge in [-0.3, -0.25) is 9.89 Å². The lowest BCUT2D eigenvalue weighted by Crippen LogP contribution is -2.36. The van der Waals surface area contributed by atoms with Gasteiger partial charge in [0.05, 0.1) is 13.2 Å². The molecule has 0 atom stereocenters. The lowest BCUT2D eigenvalue weighted by atomic mass is 10.1. The van der Waals surface area contributed by atoms with Crippen LogP contribution in [0.3, 0.4) is 0 Å². The monoisotopic (exact) mass is 514 g/mol. The number of nitrogens with zero attached hydrogens (tertiary/aromatic N) is 2. The highest BCUT2D eigenvalue weighted by atomic mass is 127. The van der Waals surface area contributed by atoms with Gasteiger partial charge >= 0.3 is 0 Å². The zero-order valence-corrected chi connectivity index (χ0v) is 19.2. The topological polar surface area (TPSA) is 48.9 Å². The van der Waals surface area contributed by atoms with Crippen molar-refractivity contribution in [1.82, 2.24) is 15.5 Å². The lowest BCUT2D eigenvalue weighted by Gasteiger charge is -2.26. The second kappa shape index (κ2) is 12.3. The van der Waals surface area contributed by atoms with E-state index in [4.69, 9.17) is 16.3 Å². The van der Waals surface area contributed by atoms with Crippen LogP contribution in [0.4, 0.5) is 0 Å². The third kappa shape index (κ3) is 7.58. The first-order valence-corrected chi connectivity index (χ1v) is 9.67. The maximum absolute atomic E-state index is 5.92. The molecule has 0 amide bonds. The van der Waals surface area contributed by atoms with Crippen LogP contribution in [-0.4, -0.2) is 44.2 Å². The first-order chi connectivity index (χ1) is 13.2. The number of rotatable bonds is 6. The van der Waals surface area contributed by atoms with Crippen molar-refractivity contribution in [2.24, 2.45) is 4.99 Å². The number of halogens is 2. The lowest BCUT2D eigenvalue weighted by molar-refractivity contribution is 0.0342. The van der Waals surface area contributed by atoms with Crippen molar-refractivity contribution in [2.45, 2.75) is 19.6 Å². The Balaban J connectivity index is 0.00000280. The zero-order valence-electron chi connectivity index (χ0n) is 16.2. The van der Waals surface area contributed by atoms with Gasteiger partial charge in [-0.15, -0.1) is 24.0 Å². The third-order valence-electron chi connectivity index (χ3n) is 4.59. The number of hydrogen-bond acceptors (Lipinski definition) is 3. The van der Waals surface area contributed by atoms with Gasteiger partial charge < -0.3 is 15.4 Å². The minimum atomic E-state index is 0. The summed E-state index contributed by atoms with van der Waals surface area (Å²) in [7, 11) is 1.78. The molecule has 0 radical (unpaired) electrons. The molecule has 2 N–H and O–H groups in total. The molecule has 1 fully saturated rings. The first-order valence-electron chi connectivity index (χ1n) is 9.30. The second-order valence-electron chi connectivity index (χ2n) is 6.61. The fraction of sp³-hybridized carbons (Fsp3) is 0.381. The molecule has 0 bridgehead atoms. The summed E-state index contributed by atoms with van der Waals surface area (Å²) in [5, 5.41) is 7.42. The minimum absolute atomic E-state index is 0. The summed E-state index contributed by atoms with van der Waals surface area (Å²) in [6.45, 7) is 6.13. The van der Waals surface area contributed by atoms with E-state index in [9.17, 15) is 0 Å². The van der Waals surface area contributed by atoms with E-state index >= 15 is 0 Å². The highest BCUT2D eigenvalue weighted by Gasteiger charge is 2.10. The molecule has 28 heavy (non-hydrogen) atoms. The van der Waals surface area contributed by atoms with Crippen LogP contribution in [0.2, 0.25) is 5.02 Å². The van der Waals surface area contributed by atoms with Crippen LogP contribution < -0.4 is 10.6 Å². The number of benzene rings is 2. The van der Waals surface area contributed by atoms with Gasteiger partial charge in [-0.25, -0.2) is 0 Å². The average Bonchev–Trinajstić information content (AvgIpc) is 2.71. The number of nitrogens with one attached hydrogen (secondary N) is 2. The molecule has 5 nitrogen and oxygen atoms in total. The van der Waals surface area contributed by atoms with Crippen molar-refractivity contribution in [3.8, 4) is 0 Å². The molecule has 7 heteroatoms. The summed E-state index contributed by atoms with van der Waals surface area (Å²) >= 11 is 5.92. The van der Waals surface area contributed by atoms with Gasteiger partial charge in [-0.1, -0.05) is 48.0 Å². The van der Waals surface area contributed by atoms with Crippen molar-refractivity contribution < 1.29 is 4.74 Å². The van der Waals surface area contributed by atoms with Crippen LogP contribution in [-0.2, 0) is 24.4 Å². The SMILES string of the molecule is CN=C(NCc1ccc(Cl)cc1)NCc1ccc(CN2CCOCC2)cc1.I. The minimum Gasteiger partial charge on any atom is -0.379 e. The van der Waals surface area contributed by atoms with Crippen LogP contribution in [0, 0.1) is 0 Å². The Labute approximate surface area is 189 Å². The van der Waals surface area contributed by atoms with Crippen LogP contribution in [0.1, 0.15) is 16.7 Å². The molecule has 2 aromatic carbocycles. The van der Waals surface area contributed by atoms with Gasteiger partial charge in [0.2, 0.25) is 0 Å². The van der Waals surface area contributed by atoms with Crippen LogP contribution in [0.15, 0.2) is 53.5 Å². The highest BCUT2D eigenvalue weighted by Crippen LogP contribution is 2.10. The molecular weight excluding hydrogens is 487 g/mol. The fourth-order valence-electron chi connectivity index (χ4n) is 2.97. The Morgan fingerprint density at radius 3 is 1.96 bits per heavy atom. The maximum Gasteiger partial charge on any atom is 0.191 e. The van der Waals surface area contributed by atoms with Crippen molar-refractivity contribution in [3.05, 3.63) is 70.2 Å². The molecular formula is C21H28ClIN4O. The van der Waals surface area contributed by atoms with Crippen molar-refractivity contribution >= 4 is 41.5 Å². The molecule has 0 aromatic heterocycles. The van der Waals surface area contributed by atoms with Gasteiger partial charge in [0.15, 0.2) is 5.96 Å². The van der Waals surface area contributed by atoms with E-state index in [0.29, 0.717) is 6.54 Å². The summed E-state index contributed by atoms with van der Waals surface area (Å²) in [5.74, 6) is 0.780. The molecule has 1 aliphatic rings.